The molecular weight excluding hydrogens is 356 g/mol. The molecule has 154 valence electrons. The molecule has 0 amide bonds. The summed E-state index contributed by atoms with van der Waals surface area (Å²) in [6.07, 6.45) is 7.14. The predicted octanol–water partition coefficient (Wildman–Crippen LogP) is 4.07. The Balaban J connectivity index is 2.04. The summed E-state index contributed by atoms with van der Waals surface area (Å²) in [5, 5.41) is 21.4. The second-order valence-electron chi connectivity index (χ2n) is 10.9. The Morgan fingerprint density at radius 1 is 1.30 bits per heavy atom. The van der Waals surface area contributed by atoms with Gasteiger partial charge in [-0.05, 0) is 60.7 Å². The van der Waals surface area contributed by atoms with Crippen LogP contribution >= 0.6 is 0 Å². The van der Waals surface area contributed by atoms with Gasteiger partial charge in [-0.25, -0.2) is 0 Å². The number of aliphatic hydroxyl groups is 2. The summed E-state index contributed by atoms with van der Waals surface area (Å²) < 4.78 is 6.96. The lowest BCUT2D eigenvalue weighted by molar-refractivity contribution is -0.193. The lowest BCUT2D eigenvalue weighted by Crippen LogP contribution is -2.65. The van der Waals surface area contributed by atoms with Crippen molar-refractivity contribution in [2.75, 3.05) is 6.61 Å². The van der Waals surface area contributed by atoms with Gasteiger partial charge in [-0.1, -0.05) is 40.2 Å². The van der Waals surface area contributed by atoms with Crippen molar-refractivity contribution in [2.45, 2.75) is 90.1 Å². The molecule has 0 aromatic heterocycles. The molecule has 5 heteroatoms. The Bertz CT molecular complexity index is 622. The van der Waals surface area contributed by atoms with Crippen LogP contribution in [-0.2, 0) is 9.22 Å². The first kappa shape index (κ1) is 21.2. The van der Waals surface area contributed by atoms with E-state index in [1.54, 1.807) is 6.08 Å². The van der Waals surface area contributed by atoms with E-state index >= 15 is 0 Å². The van der Waals surface area contributed by atoms with Gasteiger partial charge in [0.15, 0.2) is 14.1 Å². The molecule has 6 atom stereocenters. The number of hydrogen-bond donors (Lipinski definition) is 2. The number of aliphatic hydroxyl groups excluding tert-OH is 2. The second-order valence-corrected chi connectivity index (χ2v) is 15.7. The SMILES string of the molecule is CC(C)(C)[Si](C)(C)O[C@@H]1CCC[C@@H]2C[C@@H](O)[C@@]3(CO)C=CC(=O)C[C@H]3[C@]21C. The highest BCUT2D eigenvalue weighted by molar-refractivity contribution is 6.74. The molecule has 0 aromatic rings. The van der Waals surface area contributed by atoms with Gasteiger partial charge >= 0.3 is 0 Å². The molecule has 3 aliphatic rings. The van der Waals surface area contributed by atoms with E-state index in [2.05, 4.69) is 40.8 Å². The maximum Gasteiger partial charge on any atom is 0.192 e. The molecule has 0 aromatic carbocycles. The maximum atomic E-state index is 12.4. The predicted molar refractivity (Wildman–Crippen MR) is 110 cm³/mol. The minimum absolute atomic E-state index is 0.0729. The van der Waals surface area contributed by atoms with E-state index in [1.165, 1.54) is 0 Å². The van der Waals surface area contributed by atoms with E-state index < -0.39 is 19.8 Å². The Morgan fingerprint density at radius 2 is 1.96 bits per heavy atom. The number of rotatable bonds is 3. The van der Waals surface area contributed by atoms with Crippen LogP contribution in [0.5, 0.6) is 0 Å². The summed E-state index contributed by atoms with van der Waals surface area (Å²) in [4.78, 5) is 12.4. The van der Waals surface area contributed by atoms with Crippen molar-refractivity contribution in [3.8, 4) is 0 Å². The summed E-state index contributed by atoms with van der Waals surface area (Å²) in [5.41, 5.74) is -0.915. The lowest BCUT2D eigenvalue weighted by atomic mass is 9.44. The molecule has 2 N–H and O–H groups in total. The molecule has 0 unspecified atom stereocenters. The van der Waals surface area contributed by atoms with Crippen LogP contribution in [-0.4, -0.2) is 43.1 Å². The molecular formula is C22H38O4Si. The maximum absolute atomic E-state index is 12.4. The minimum atomic E-state index is -1.97. The van der Waals surface area contributed by atoms with Crippen molar-refractivity contribution >= 4 is 14.1 Å². The lowest BCUT2D eigenvalue weighted by Gasteiger charge is -2.63. The van der Waals surface area contributed by atoms with E-state index in [1.807, 2.05) is 6.08 Å². The van der Waals surface area contributed by atoms with Crippen molar-refractivity contribution in [1.29, 1.82) is 0 Å². The van der Waals surface area contributed by atoms with Crippen molar-refractivity contribution < 1.29 is 19.4 Å². The fourth-order valence-electron chi connectivity index (χ4n) is 5.76. The van der Waals surface area contributed by atoms with E-state index in [9.17, 15) is 15.0 Å². The number of carbonyl (C=O) groups is 1. The van der Waals surface area contributed by atoms with Gasteiger partial charge in [0.1, 0.15) is 0 Å². The highest BCUT2D eigenvalue weighted by atomic mass is 28.4. The zero-order valence-corrected chi connectivity index (χ0v) is 18.9. The second kappa shape index (κ2) is 6.79. The number of allylic oxidation sites excluding steroid dienone is 1. The molecule has 0 spiro atoms. The first-order chi connectivity index (χ1) is 12.4. The van der Waals surface area contributed by atoms with Crippen LogP contribution < -0.4 is 0 Å². The molecule has 0 radical (unpaired) electrons. The van der Waals surface area contributed by atoms with Crippen LogP contribution in [0, 0.1) is 22.7 Å². The molecule has 0 saturated heterocycles. The first-order valence-corrected chi connectivity index (χ1v) is 13.5. The zero-order chi connectivity index (χ0) is 20.3. The third kappa shape index (κ3) is 3.19. The minimum Gasteiger partial charge on any atom is -0.413 e. The molecule has 4 nitrogen and oxygen atoms in total. The van der Waals surface area contributed by atoms with Crippen molar-refractivity contribution in [3.05, 3.63) is 12.2 Å². The molecule has 3 aliphatic carbocycles. The normalized spacial score (nSPS) is 42.6. The third-order valence-electron chi connectivity index (χ3n) is 8.62. The van der Waals surface area contributed by atoms with Crippen molar-refractivity contribution in [3.63, 3.8) is 0 Å². The van der Waals surface area contributed by atoms with Gasteiger partial charge in [0.25, 0.3) is 0 Å². The Kier molecular flexibility index (Phi) is 5.33. The van der Waals surface area contributed by atoms with Crippen LogP contribution in [0.2, 0.25) is 18.1 Å². The molecule has 2 fully saturated rings. The van der Waals surface area contributed by atoms with Crippen LogP contribution in [0.15, 0.2) is 12.2 Å². The summed E-state index contributed by atoms with van der Waals surface area (Å²) in [6.45, 7) is 13.5. The van der Waals surface area contributed by atoms with Gasteiger partial charge in [0.2, 0.25) is 0 Å². The van der Waals surface area contributed by atoms with Gasteiger partial charge < -0.3 is 14.6 Å². The van der Waals surface area contributed by atoms with Gasteiger partial charge in [0.05, 0.1) is 18.8 Å². The Morgan fingerprint density at radius 3 is 2.56 bits per heavy atom. The standard InChI is InChI=1S/C22H38O4Si/c1-20(2,3)27(5,6)26-19-9-7-8-15-12-18(25)22(14-23)11-10-16(24)13-17(22)21(15,19)4/h10-11,15,17-19,23,25H,7-9,12-14H2,1-6H3/t15-,17+,18-,19-,21+,22-/m1/s1. The Labute approximate surface area is 165 Å². The highest BCUT2D eigenvalue weighted by Crippen LogP contribution is 2.63. The van der Waals surface area contributed by atoms with Crippen molar-refractivity contribution in [1.82, 2.24) is 0 Å². The topological polar surface area (TPSA) is 66.8 Å². The van der Waals surface area contributed by atoms with Crippen LogP contribution in [0.1, 0.15) is 59.8 Å². The number of fused-ring (bicyclic) bond motifs is 3. The summed E-state index contributed by atoms with van der Waals surface area (Å²) >= 11 is 0. The van der Waals surface area contributed by atoms with E-state index in [4.69, 9.17) is 4.43 Å². The first-order valence-electron chi connectivity index (χ1n) is 10.6. The number of ketones is 1. The molecule has 0 aliphatic heterocycles. The number of hydrogen-bond acceptors (Lipinski definition) is 4. The third-order valence-corrected chi connectivity index (χ3v) is 13.1. The van der Waals surface area contributed by atoms with Gasteiger partial charge in [-0.2, -0.15) is 0 Å². The summed E-state index contributed by atoms with van der Waals surface area (Å²) in [5.74, 6) is 0.367. The van der Waals surface area contributed by atoms with Gasteiger partial charge in [-0.15, -0.1) is 0 Å². The molecule has 27 heavy (non-hydrogen) atoms. The van der Waals surface area contributed by atoms with Crippen LogP contribution in [0.4, 0.5) is 0 Å². The highest BCUT2D eigenvalue weighted by Gasteiger charge is 2.63. The zero-order valence-electron chi connectivity index (χ0n) is 17.9. The molecule has 2 saturated carbocycles. The van der Waals surface area contributed by atoms with Crippen molar-refractivity contribution in [2.24, 2.45) is 22.7 Å². The molecule has 0 bridgehead atoms. The fourth-order valence-corrected chi connectivity index (χ4v) is 7.19. The average Bonchev–Trinajstić information content (AvgIpc) is 2.56. The average molecular weight is 395 g/mol. The van der Waals surface area contributed by atoms with Crippen LogP contribution in [0.25, 0.3) is 0 Å². The summed E-state index contributed by atoms with van der Waals surface area (Å²) in [6, 6.07) is 0. The van der Waals surface area contributed by atoms with E-state index in [-0.39, 0.29) is 34.9 Å². The quantitative estimate of drug-likeness (QED) is 0.708. The fraction of sp³-hybridized carbons (Fsp3) is 0.864. The smallest absolute Gasteiger partial charge is 0.192 e. The largest absolute Gasteiger partial charge is 0.413 e. The van der Waals surface area contributed by atoms with E-state index in [0.29, 0.717) is 18.8 Å². The van der Waals surface area contributed by atoms with Gasteiger partial charge in [-0.3, -0.25) is 4.79 Å². The van der Waals surface area contributed by atoms with Crippen LogP contribution in [0.3, 0.4) is 0 Å². The molecule has 3 rings (SSSR count). The van der Waals surface area contributed by atoms with E-state index in [0.717, 1.165) is 19.3 Å². The molecule has 0 heterocycles. The Hall–Kier alpha value is -0.493. The summed E-state index contributed by atoms with van der Waals surface area (Å²) in [7, 11) is -1.97. The monoisotopic (exact) mass is 394 g/mol. The van der Waals surface area contributed by atoms with Gasteiger partial charge in [0, 0.05) is 11.8 Å². The number of carbonyl (C=O) groups excluding carboxylic acids is 1.